The lowest BCUT2D eigenvalue weighted by atomic mass is 10.0. The number of hydrogen-bond donors (Lipinski definition) is 1. The monoisotopic (exact) mass is 394 g/mol. The second kappa shape index (κ2) is 14.6. The Kier molecular flexibility index (Phi) is 12.4. The minimum atomic E-state index is -0.0814. The van der Waals surface area contributed by atoms with Crippen LogP contribution in [0.3, 0.4) is 0 Å². The Morgan fingerprint density at radius 3 is 1.93 bits per heavy atom. The zero-order valence-corrected chi connectivity index (χ0v) is 18.9. The molecule has 1 aromatic heterocycles. The molecule has 0 aliphatic heterocycles. The quantitative estimate of drug-likeness (QED) is 0.389. The fourth-order valence-corrected chi connectivity index (χ4v) is 2.90. The Bertz CT molecular complexity index is 735. The number of rotatable bonds is 12. The van der Waals surface area contributed by atoms with Crippen molar-refractivity contribution in [3.63, 3.8) is 0 Å². The maximum Gasteiger partial charge on any atom is 0.253 e. The average molecular weight is 395 g/mol. The molecule has 0 fully saturated rings. The van der Waals surface area contributed by atoms with E-state index >= 15 is 0 Å². The number of pyridine rings is 1. The lowest BCUT2D eigenvalue weighted by Gasteiger charge is -2.04. The highest BCUT2D eigenvalue weighted by Crippen LogP contribution is 2.13. The van der Waals surface area contributed by atoms with Gasteiger partial charge in [0.15, 0.2) is 0 Å². The maximum absolute atomic E-state index is 12.0. The summed E-state index contributed by atoms with van der Waals surface area (Å²) in [6.45, 7) is 11.4. The molecule has 0 unspecified atom stereocenters. The van der Waals surface area contributed by atoms with Crippen molar-refractivity contribution in [3.8, 4) is 0 Å². The molecule has 1 aromatic rings. The molecule has 0 radical (unpaired) electrons. The van der Waals surface area contributed by atoms with Gasteiger partial charge in [0.25, 0.3) is 5.91 Å². The van der Waals surface area contributed by atoms with Crippen LogP contribution in [0.1, 0.15) is 83.5 Å². The highest BCUT2D eigenvalue weighted by atomic mass is 16.1. The normalized spacial score (nSPS) is 12.7. The third-order valence-electron chi connectivity index (χ3n) is 4.79. The number of nitrogens with one attached hydrogen (secondary N) is 1. The fourth-order valence-electron chi connectivity index (χ4n) is 2.90. The van der Waals surface area contributed by atoms with E-state index < -0.39 is 0 Å². The first kappa shape index (κ1) is 24.6. The standard InChI is InChI=1S/C26H38N2O/c1-21(2)10-6-11-22(3)12-7-13-23(4)14-8-15-24(5)17-19-28-26(29)25-16-9-18-27-20-25/h9-10,12,14,16-18,20H,6-8,11,13,15,19H2,1-5H3,(H,28,29)/b22-12+,23-14+,24-17+. The molecule has 0 saturated heterocycles. The van der Waals surface area contributed by atoms with E-state index in [-0.39, 0.29) is 5.91 Å². The molecular weight excluding hydrogens is 356 g/mol. The number of hydrogen-bond acceptors (Lipinski definition) is 2. The van der Waals surface area contributed by atoms with Crippen molar-refractivity contribution >= 4 is 5.91 Å². The van der Waals surface area contributed by atoms with Crippen LogP contribution in [0.15, 0.2) is 71.1 Å². The molecule has 1 heterocycles. The Hall–Kier alpha value is -2.42. The van der Waals surface area contributed by atoms with Gasteiger partial charge >= 0.3 is 0 Å². The largest absolute Gasteiger partial charge is 0.349 e. The van der Waals surface area contributed by atoms with E-state index in [0.717, 1.165) is 38.5 Å². The summed E-state index contributed by atoms with van der Waals surface area (Å²) in [5, 5.41) is 2.91. The first-order chi connectivity index (χ1) is 13.9. The van der Waals surface area contributed by atoms with Crippen molar-refractivity contribution < 1.29 is 4.79 Å². The Morgan fingerprint density at radius 2 is 1.41 bits per heavy atom. The van der Waals surface area contributed by atoms with Crippen molar-refractivity contribution in [3.05, 3.63) is 76.7 Å². The summed E-state index contributed by atoms with van der Waals surface area (Å²) in [7, 11) is 0. The molecule has 1 N–H and O–H groups in total. The topological polar surface area (TPSA) is 42.0 Å². The summed E-state index contributed by atoms with van der Waals surface area (Å²) < 4.78 is 0. The van der Waals surface area contributed by atoms with Crippen LogP contribution in [0.25, 0.3) is 0 Å². The van der Waals surface area contributed by atoms with Crippen molar-refractivity contribution in [1.29, 1.82) is 0 Å². The average Bonchev–Trinajstić information content (AvgIpc) is 2.68. The summed E-state index contributed by atoms with van der Waals surface area (Å²) in [6.07, 6.45) is 19.0. The Balaban J connectivity index is 2.24. The molecule has 29 heavy (non-hydrogen) atoms. The molecule has 0 aliphatic carbocycles. The molecular formula is C26H38N2O. The summed E-state index contributed by atoms with van der Waals surface area (Å²) >= 11 is 0. The van der Waals surface area contributed by atoms with Gasteiger partial charge in [0.2, 0.25) is 0 Å². The fraction of sp³-hybridized carbons (Fsp3) is 0.462. The highest BCUT2D eigenvalue weighted by Gasteiger charge is 2.02. The van der Waals surface area contributed by atoms with Crippen molar-refractivity contribution in [2.75, 3.05) is 6.54 Å². The molecule has 0 atom stereocenters. The van der Waals surface area contributed by atoms with Crippen LogP contribution in [0, 0.1) is 0 Å². The zero-order chi connectivity index (χ0) is 21.5. The van der Waals surface area contributed by atoms with Gasteiger partial charge in [-0.1, -0.05) is 46.6 Å². The van der Waals surface area contributed by atoms with E-state index in [1.54, 1.807) is 24.5 Å². The van der Waals surface area contributed by atoms with Crippen LogP contribution in [0.2, 0.25) is 0 Å². The molecule has 0 aromatic carbocycles. The number of amides is 1. The molecule has 0 spiro atoms. The second-order valence-electron chi connectivity index (χ2n) is 8.00. The van der Waals surface area contributed by atoms with Gasteiger partial charge in [-0.3, -0.25) is 9.78 Å². The molecule has 1 amide bonds. The van der Waals surface area contributed by atoms with Crippen LogP contribution in [-0.2, 0) is 0 Å². The number of aromatic nitrogens is 1. The smallest absolute Gasteiger partial charge is 0.253 e. The molecule has 0 saturated carbocycles. The highest BCUT2D eigenvalue weighted by molar-refractivity contribution is 5.93. The van der Waals surface area contributed by atoms with E-state index in [1.807, 2.05) is 0 Å². The number of carbonyl (C=O) groups is 1. The van der Waals surface area contributed by atoms with Crippen LogP contribution >= 0.6 is 0 Å². The van der Waals surface area contributed by atoms with Gasteiger partial charge in [0.1, 0.15) is 0 Å². The van der Waals surface area contributed by atoms with Crippen LogP contribution in [0.4, 0.5) is 0 Å². The molecule has 158 valence electrons. The van der Waals surface area contributed by atoms with Gasteiger partial charge in [0.05, 0.1) is 5.56 Å². The van der Waals surface area contributed by atoms with Crippen molar-refractivity contribution in [2.24, 2.45) is 0 Å². The summed E-state index contributed by atoms with van der Waals surface area (Å²) in [5.74, 6) is -0.0814. The number of carbonyl (C=O) groups excluding carboxylic acids is 1. The lowest BCUT2D eigenvalue weighted by molar-refractivity contribution is 0.0957. The summed E-state index contributed by atoms with van der Waals surface area (Å²) in [6, 6.07) is 3.54. The lowest BCUT2D eigenvalue weighted by Crippen LogP contribution is -2.23. The SMILES string of the molecule is CC(C)=CCC/C(C)=C/CC/C(C)=C/CC/C(C)=C/CNC(=O)c1cccnc1. The molecule has 1 rings (SSSR count). The van der Waals surface area contributed by atoms with E-state index in [4.69, 9.17) is 0 Å². The van der Waals surface area contributed by atoms with Crippen molar-refractivity contribution in [2.45, 2.75) is 73.1 Å². The zero-order valence-electron chi connectivity index (χ0n) is 18.9. The minimum absolute atomic E-state index is 0.0814. The Morgan fingerprint density at radius 1 is 0.862 bits per heavy atom. The van der Waals surface area contributed by atoms with Gasteiger partial charge in [-0.15, -0.1) is 0 Å². The molecule has 0 aliphatic rings. The second-order valence-corrected chi connectivity index (χ2v) is 8.00. The summed E-state index contributed by atoms with van der Waals surface area (Å²) in [4.78, 5) is 15.9. The van der Waals surface area contributed by atoms with E-state index in [9.17, 15) is 4.79 Å². The third-order valence-corrected chi connectivity index (χ3v) is 4.79. The predicted octanol–water partition coefficient (Wildman–Crippen LogP) is 6.96. The van der Waals surface area contributed by atoms with E-state index in [1.165, 1.54) is 22.3 Å². The van der Waals surface area contributed by atoms with E-state index in [0.29, 0.717) is 12.1 Å². The van der Waals surface area contributed by atoms with Crippen LogP contribution < -0.4 is 5.32 Å². The first-order valence-electron chi connectivity index (χ1n) is 10.7. The third kappa shape index (κ3) is 12.6. The van der Waals surface area contributed by atoms with Gasteiger partial charge in [-0.25, -0.2) is 0 Å². The number of nitrogens with zero attached hydrogens (tertiary/aromatic N) is 1. The minimum Gasteiger partial charge on any atom is -0.349 e. The van der Waals surface area contributed by atoms with Gasteiger partial charge in [-0.05, 0) is 85.3 Å². The maximum atomic E-state index is 12.0. The predicted molar refractivity (Wildman–Crippen MR) is 125 cm³/mol. The Labute approximate surface area is 177 Å². The molecule has 3 nitrogen and oxygen atoms in total. The summed E-state index contributed by atoms with van der Waals surface area (Å²) in [5.41, 5.74) is 6.24. The van der Waals surface area contributed by atoms with Gasteiger partial charge < -0.3 is 5.32 Å². The first-order valence-corrected chi connectivity index (χ1v) is 10.7. The molecule has 0 bridgehead atoms. The van der Waals surface area contributed by atoms with Crippen LogP contribution in [-0.4, -0.2) is 17.4 Å². The molecule has 3 heteroatoms. The van der Waals surface area contributed by atoms with Gasteiger partial charge in [-0.2, -0.15) is 0 Å². The van der Waals surface area contributed by atoms with Crippen molar-refractivity contribution in [1.82, 2.24) is 10.3 Å². The number of allylic oxidation sites excluding steroid dienone is 7. The van der Waals surface area contributed by atoms with Gasteiger partial charge in [0, 0.05) is 18.9 Å². The van der Waals surface area contributed by atoms with E-state index in [2.05, 4.69) is 69.2 Å². The van der Waals surface area contributed by atoms with Crippen LogP contribution in [0.5, 0.6) is 0 Å².